The van der Waals surface area contributed by atoms with E-state index in [1.165, 1.54) is 38.5 Å². The molecule has 0 fully saturated rings. The first-order chi connectivity index (χ1) is 10.6. The zero-order chi connectivity index (χ0) is 16.1. The summed E-state index contributed by atoms with van der Waals surface area (Å²) in [5.74, 6) is 0.204. The summed E-state index contributed by atoms with van der Waals surface area (Å²) >= 11 is 5.91. The lowest BCUT2D eigenvalue weighted by Gasteiger charge is -2.08. The van der Waals surface area contributed by atoms with Crippen molar-refractivity contribution in [3.63, 3.8) is 0 Å². The third-order valence-electron chi connectivity index (χ3n) is 3.07. The molecule has 0 aromatic heterocycles. The molecule has 5 heteroatoms. The van der Waals surface area contributed by atoms with Gasteiger partial charge in [0.25, 0.3) is 0 Å². The molecule has 0 spiro atoms. The number of halogens is 2. The number of rotatable bonds is 5. The predicted octanol–water partition coefficient (Wildman–Crippen LogP) is 4.39. The number of hydrogen-bond acceptors (Lipinski definition) is 3. The Labute approximate surface area is 132 Å². The molecule has 0 saturated carbocycles. The van der Waals surface area contributed by atoms with Gasteiger partial charge in [-0.1, -0.05) is 17.7 Å². The summed E-state index contributed by atoms with van der Waals surface area (Å²) in [5, 5.41) is 0.247. The first kappa shape index (κ1) is 16.0. The Bertz CT molecular complexity index is 706. The van der Waals surface area contributed by atoms with Gasteiger partial charge in [-0.2, -0.15) is 0 Å². The number of ketones is 1. The van der Waals surface area contributed by atoms with E-state index in [1.807, 2.05) is 0 Å². The van der Waals surface area contributed by atoms with Crippen LogP contribution >= 0.6 is 11.6 Å². The summed E-state index contributed by atoms with van der Waals surface area (Å²) in [6.45, 7) is 0. The van der Waals surface area contributed by atoms with Crippen LogP contribution in [-0.2, 0) is 0 Å². The molecule has 3 nitrogen and oxygen atoms in total. The van der Waals surface area contributed by atoms with Crippen LogP contribution < -0.4 is 9.47 Å². The molecule has 22 heavy (non-hydrogen) atoms. The minimum absolute atomic E-state index is 0.179. The highest BCUT2D eigenvalue weighted by atomic mass is 35.5. The Balaban J connectivity index is 2.27. The van der Waals surface area contributed by atoms with Gasteiger partial charge in [-0.05, 0) is 42.5 Å². The first-order valence-electron chi connectivity index (χ1n) is 6.45. The summed E-state index contributed by atoms with van der Waals surface area (Å²) in [4.78, 5) is 12.2. The van der Waals surface area contributed by atoms with Crippen LogP contribution in [0.15, 0.2) is 42.5 Å². The Morgan fingerprint density at radius 3 is 2.50 bits per heavy atom. The summed E-state index contributed by atoms with van der Waals surface area (Å²) in [6, 6.07) is 9.16. The van der Waals surface area contributed by atoms with Crippen molar-refractivity contribution in [2.24, 2.45) is 0 Å². The summed E-state index contributed by atoms with van der Waals surface area (Å²) in [5.41, 5.74) is 0.583. The van der Waals surface area contributed by atoms with Crippen molar-refractivity contribution in [3.05, 3.63) is 64.4 Å². The Hall–Kier alpha value is -2.33. The normalized spacial score (nSPS) is 10.7. The molecule has 0 heterocycles. The van der Waals surface area contributed by atoms with Gasteiger partial charge in [0, 0.05) is 11.1 Å². The Kier molecular flexibility index (Phi) is 5.17. The maximum absolute atomic E-state index is 13.6. The summed E-state index contributed by atoms with van der Waals surface area (Å²) in [6.07, 6.45) is 2.63. The van der Waals surface area contributed by atoms with Crippen molar-refractivity contribution in [2.45, 2.75) is 0 Å². The minimum Gasteiger partial charge on any atom is -0.493 e. The van der Waals surface area contributed by atoms with Crippen molar-refractivity contribution < 1.29 is 18.7 Å². The van der Waals surface area contributed by atoms with Gasteiger partial charge in [0.15, 0.2) is 17.3 Å². The van der Waals surface area contributed by atoms with Crippen LogP contribution in [0.4, 0.5) is 4.39 Å². The topological polar surface area (TPSA) is 35.5 Å². The molecular weight excluding hydrogens is 307 g/mol. The van der Waals surface area contributed by atoms with Gasteiger partial charge in [-0.3, -0.25) is 4.79 Å². The fourth-order valence-corrected chi connectivity index (χ4v) is 2.14. The summed E-state index contributed by atoms with van der Waals surface area (Å²) < 4.78 is 23.9. The SMILES string of the molecule is COc1ccc(C(=O)/C=C\c2c(F)cccc2Cl)cc1OC. The van der Waals surface area contributed by atoms with E-state index in [0.717, 1.165) is 0 Å². The minimum atomic E-state index is -0.483. The number of benzene rings is 2. The van der Waals surface area contributed by atoms with Crippen LogP contribution in [0.3, 0.4) is 0 Å². The van der Waals surface area contributed by atoms with E-state index in [4.69, 9.17) is 21.1 Å². The summed E-state index contributed by atoms with van der Waals surface area (Å²) in [7, 11) is 3.00. The second-order valence-electron chi connectivity index (χ2n) is 4.40. The molecule has 0 amide bonds. The van der Waals surface area contributed by atoms with Gasteiger partial charge in [0.2, 0.25) is 0 Å². The number of allylic oxidation sites excluding steroid dienone is 1. The van der Waals surface area contributed by atoms with E-state index in [0.29, 0.717) is 17.1 Å². The van der Waals surface area contributed by atoms with Gasteiger partial charge in [-0.15, -0.1) is 0 Å². The zero-order valence-electron chi connectivity index (χ0n) is 12.1. The van der Waals surface area contributed by atoms with Crippen molar-refractivity contribution in [1.82, 2.24) is 0 Å². The molecule has 0 unspecified atom stereocenters. The molecule has 2 aromatic rings. The lowest BCUT2D eigenvalue weighted by atomic mass is 10.1. The molecule has 0 atom stereocenters. The molecule has 0 bridgehead atoms. The van der Waals surface area contributed by atoms with E-state index >= 15 is 0 Å². The van der Waals surface area contributed by atoms with Crippen LogP contribution in [0.25, 0.3) is 6.08 Å². The number of carbonyl (C=O) groups excluding carboxylic acids is 1. The largest absolute Gasteiger partial charge is 0.493 e. The van der Waals surface area contributed by atoms with Crippen LogP contribution in [0.1, 0.15) is 15.9 Å². The number of ether oxygens (including phenoxy) is 2. The number of methoxy groups -OCH3 is 2. The van der Waals surface area contributed by atoms with Crippen LogP contribution in [-0.4, -0.2) is 20.0 Å². The smallest absolute Gasteiger partial charge is 0.185 e. The third-order valence-corrected chi connectivity index (χ3v) is 3.40. The fourth-order valence-electron chi connectivity index (χ4n) is 1.91. The monoisotopic (exact) mass is 320 g/mol. The molecule has 2 rings (SSSR count). The van der Waals surface area contributed by atoms with Crippen molar-refractivity contribution in [1.29, 1.82) is 0 Å². The lowest BCUT2D eigenvalue weighted by molar-refractivity contribution is 0.104. The second kappa shape index (κ2) is 7.09. The molecule has 0 aliphatic heterocycles. The Morgan fingerprint density at radius 1 is 1.14 bits per heavy atom. The zero-order valence-corrected chi connectivity index (χ0v) is 12.9. The van der Waals surface area contributed by atoms with Crippen LogP contribution in [0.5, 0.6) is 11.5 Å². The molecule has 2 aromatic carbocycles. The fraction of sp³-hybridized carbons (Fsp3) is 0.118. The molecule has 0 saturated heterocycles. The van der Waals surface area contributed by atoms with E-state index in [9.17, 15) is 9.18 Å². The molecule has 0 aliphatic rings. The Morgan fingerprint density at radius 2 is 1.86 bits per heavy atom. The molecule has 114 valence electrons. The molecule has 0 aliphatic carbocycles. The van der Waals surface area contributed by atoms with Gasteiger partial charge >= 0.3 is 0 Å². The predicted molar refractivity (Wildman–Crippen MR) is 84.3 cm³/mol. The van der Waals surface area contributed by atoms with E-state index in [-0.39, 0.29) is 16.4 Å². The van der Waals surface area contributed by atoms with Crippen molar-refractivity contribution >= 4 is 23.5 Å². The molecule has 0 radical (unpaired) electrons. The van der Waals surface area contributed by atoms with E-state index in [2.05, 4.69) is 0 Å². The maximum atomic E-state index is 13.6. The van der Waals surface area contributed by atoms with Gasteiger partial charge in [0.05, 0.1) is 19.2 Å². The molecule has 0 N–H and O–H groups in total. The maximum Gasteiger partial charge on any atom is 0.185 e. The van der Waals surface area contributed by atoms with Crippen LogP contribution in [0.2, 0.25) is 5.02 Å². The van der Waals surface area contributed by atoms with E-state index in [1.54, 1.807) is 24.3 Å². The molecular formula is C17H14ClFO3. The van der Waals surface area contributed by atoms with Gasteiger partial charge < -0.3 is 9.47 Å². The third kappa shape index (κ3) is 3.46. The average molecular weight is 321 g/mol. The highest BCUT2D eigenvalue weighted by molar-refractivity contribution is 6.32. The second-order valence-corrected chi connectivity index (χ2v) is 4.81. The van der Waals surface area contributed by atoms with Gasteiger partial charge in [-0.25, -0.2) is 4.39 Å². The quantitative estimate of drug-likeness (QED) is 0.605. The van der Waals surface area contributed by atoms with Crippen molar-refractivity contribution in [3.8, 4) is 11.5 Å². The standard InChI is InChI=1S/C17H14ClFO3/c1-21-16-9-6-11(10-17(16)22-2)15(20)8-7-12-13(18)4-3-5-14(12)19/h3-10H,1-2H3/b8-7-. The van der Waals surface area contributed by atoms with Gasteiger partial charge in [0.1, 0.15) is 5.82 Å². The number of hydrogen-bond donors (Lipinski definition) is 0. The number of carbonyl (C=O) groups is 1. The highest BCUT2D eigenvalue weighted by Gasteiger charge is 2.09. The van der Waals surface area contributed by atoms with Crippen LogP contribution in [0, 0.1) is 5.82 Å². The van der Waals surface area contributed by atoms with Crippen molar-refractivity contribution in [2.75, 3.05) is 14.2 Å². The average Bonchev–Trinajstić information content (AvgIpc) is 2.53. The van der Waals surface area contributed by atoms with E-state index < -0.39 is 5.82 Å². The highest BCUT2D eigenvalue weighted by Crippen LogP contribution is 2.28. The first-order valence-corrected chi connectivity index (χ1v) is 6.83. The lowest BCUT2D eigenvalue weighted by Crippen LogP contribution is -1.97.